The second-order valence-corrected chi connectivity index (χ2v) is 5.35. The van der Waals surface area contributed by atoms with Gasteiger partial charge in [0.15, 0.2) is 6.61 Å². The molecular weight excluding hydrogens is 317 g/mol. The zero-order valence-electron chi connectivity index (χ0n) is 11.8. The molecule has 0 fully saturated rings. The molecule has 0 atom stereocenters. The third-order valence-electron chi connectivity index (χ3n) is 3.25. The summed E-state index contributed by atoms with van der Waals surface area (Å²) in [5, 5.41) is 12.5. The van der Waals surface area contributed by atoms with Crippen molar-refractivity contribution in [2.75, 3.05) is 6.61 Å². The van der Waals surface area contributed by atoms with Crippen molar-refractivity contribution in [3.63, 3.8) is 0 Å². The van der Waals surface area contributed by atoms with E-state index in [1.807, 2.05) is 0 Å². The SMILES string of the molecule is CCC(CC)(NC(=O)COc1cc(Cl)ccc1Cl)C(=O)O. The number of carbonyl (C=O) groups is 2. The summed E-state index contributed by atoms with van der Waals surface area (Å²) in [4.78, 5) is 23.2. The summed E-state index contributed by atoms with van der Waals surface area (Å²) in [5.74, 6) is -1.33. The summed E-state index contributed by atoms with van der Waals surface area (Å²) in [7, 11) is 0. The van der Waals surface area contributed by atoms with Crippen LogP contribution >= 0.6 is 23.2 Å². The van der Waals surface area contributed by atoms with Crippen LogP contribution in [0.5, 0.6) is 5.75 Å². The molecule has 1 rings (SSSR count). The number of nitrogens with one attached hydrogen (secondary N) is 1. The van der Waals surface area contributed by atoms with Gasteiger partial charge in [-0.15, -0.1) is 0 Å². The maximum atomic E-state index is 11.9. The summed E-state index contributed by atoms with van der Waals surface area (Å²) < 4.78 is 5.27. The number of aliphatic carboxylic acids is 1. The third kappa shape index (κ3) is 4.51. The fraction of sp³-hybridized carbons (Fsp3) is 0.429. The number of amides is 1. The van der Waals surface area contributed by atoms with E-state index in [9.17, 15) is 14.7 Å². The maximum absolute atomic E-state index is 11.9. The van der Waals surface area contributed by atoms with Gasteiger partial charge in [0.25, 0.3) is 5.91 Å². The fourth-order valence-corrected chi connectivity index (χ4v) is 2.15. The van der Waals surface area contributed by atoms with Gasteiger partial charge in [-0.3, -0.25) is 4.79 Å². The molecule has 116 valence electrons. The Morgan fingerprint density at radius 2 is 1.90 bits per heavy atom. The minimum Gasteiger partial charge on any atom is -0.482 e. The van der Waals surface area contributed by atoms with E-state index in [1.165, 1.54) is 6.07 Å². The molecule has 0 saturated carbocycles. The quantitative estimate of drug-likeness (QED) is 0.803. The van der Waals surface area contributed by atoms with E-state index in [0.717, 1.165) is 0 Å². The Bertz CT molecular complexity index is 530. The minimum absolute atomic E-state index is 0.272. The van der Waals surface area contributed by atoms with Crippen LogP contribution in [0.15, 0.2) is 18.2 Å². The largest absolute Gasteiger partial charge is 0.482 e. The van der Waals surface area contributed by atoms with E-state index in [2.05, 4.69) is 5.32 Å². The van der Waals surface area contributed by atoms with Crippen LogP contribution in [0, 0.1) is 0 Å². The van der Waals surface area contributed by atoms with Crippen LogP contribution in [0.3, 0.4) is 0 Å². The van der Waals surface area contributed by atoms with E-state index < -0.39 is 17.4 Å². The molecule has 0 saturated heterocycles. The topological polar surface area (TPSA) is 75.6 Å². The summed E-state index contributed by atoms with van der Waals surface area (Å²) in [6.45, 7) is 3.06. The van der Waals surface area contributed by atoms with Crippen molar-refractivity contribution in [2.24, 2.45) is 0 Å². The van der Waals surface area contributed by atoms with Gasteiger partial charge in [0.2, 0.25) is 0 Å². The van der Waals surface area contributed by atoms with Gasteiger partial charge in [-0.05, 0) is 25.0 Å². The van der Waals surface area contributed by atoms with Gasteiger partial charge < -0.3 is 15.2 Å². The van der Waals surface area contributed by atoms with E-state index in [1.54, 1.807) is 26.0 Å². The Hall–Kier alpha value is -1.46. The van der Waals surface area contributed by atoms with Gasteiger partial charge in [-0.1, -0.05) is 37.0 Å². The number of hydrogen-bond acceptors (Lipinski definition) is 3. The highest BCUT2D eigenvalue weighted by molar-refractivity contribution is 6.34. The van der Waals surface area contributed by atoms with Crippen LogP contribution in [0.1, 0.15) is 26.7 Å². The van der Waals surface area contributed by atoms with Gasteiger partial charge >= 0.3 is 5.97 Å². The molecule has 1 aromatic rings. The molecule has 0 unspecified atom stereocenters. The summed E-state index contributed by atoms with van der Waals surface area (Å²) in [6, 6.07) is 4.64. The molecule has 7 heteroatoms. The summed E-state index contributed by atoms with van der Waals surface area (Å²) in [5.41, 5.74) is -1.28. The Kier molecular flexibility index (Phi) is 6.30. The van der Waals surface area contributed by atoms with E-state index in [-0.39, 0.29) is 25.2 Å². The first kappa shape index (κ1) is 17.6. The molecule has 0 spiro atoms. The van der Waals surface area contributed by atoms with E-state index >= 15 is 0 Å². The van der Waals surface area contributed by atoms with Gasteiger partial charge in [-0.25, -0.2) is 4.79 Å². The Morgan fingerprint density at radius 3 is 2.43 bits per heavy atom. The number of ether oxygens (including phenoxy) is 1. The molecule has 0 heterocycles. The molecule has 21 heavy (non-hydrogen) atoms. The second kappa shape index (κ2) is 7.52. The highest BCUT2D eigenvalue weighted by atomic mass is 35.5. The predicted molar refractivity (Wildman–Crippen MR) is 81.0 cm³/mol. The Labute approximate surface area is 133 Å². The lowest BCUT2D eigenvalue weighted by Crippen LogP contribution is -2.54. The lowest BCUT2D eigenvalue weighted by Gasteiger charge is -2.28. The number of benzene rings is 1. The van der Waals surface area contributed by atoms with Crippen LogP contribution in [-0.4, -0.2) is 29.1 Å². The lowest BCUT2D eigenvalue weighted by molar-refractivity contribution is -0.148. The number of carbonyl (C=O) groups excluding carboxylic acids is 1. The first-order chi connectivity index (χ1) is 9.84. The number of carboxylic acid groups (broad SMARTS) is 1. The van der Waals surface area contributed by atoms with Crippen molar-refractivity contribution in [1.29, 1.82) is 0 Å². The first-order valence-electron chi connectivity index (χ1n) is 6.47. The number of halogens is 2. The fourth-order valence-electron chi connectivity index (χ4n) is 1.82. The molecule has 0 aromatic heterocycles. The average Bonchev–Trinajstić information content (AvgIpc) is 2.45. The van der Waals surface area contributed by atoms with Gasteiger partial charge in [-0.2, -0.15) is 0 Å². The molecular formula is C14H17Cl2NO4. The predicted octanol–water partition coefficient (Wildman–Crippen LogP) is 3.13. The Balaban J connectivity index is 2.69. The zero-order valence-corrected chi connectivity index (χ0v) is 13.3. The van der Waals surface area contributed by atoms with Crippen LogP contribution in [0.4, 0.5) is 0 Å². The molecule has 1 amide bonds. The van der Waals surface area contributed by atoms with Crippen molar-refractivity contribution < 1.29 is 19.4 Å². The molecule has 1 aromatic carbocycles. The minimum atomic E-state index is -1.28. The molecule has 2 N–H and O–H groups in total. The molecule has 0 aliphatic heterocycles. The highest BCUT2D eigenvalue weighted by Gasteiger charge is 2.36. The third-order valence-corrected chi connectivity index (χ3v) is 3.79. The van der Waals surface area contributed by atoms with E-state index in [4.69, 9.17) is 27.9 Å². The van der Waals surface area contributed by atoms with Crippen LogP contribution in [0.2, 0.25) is 10.0 Å². The van der Waals surface area contributed by atoms with Gasteiger partial charge in [0, 0.05) is 11.1 Å². The van der Waals surface area contributed by atoms with Crippen molar-refractivity contribution in [2.45, 2.75) is 32.2 Å². The molecule has 0 aliphatic carbocycles. The summed E-state index contributed by atoms with van der Waals surface area (Å²) >= 11 is 11.7. The normalized spacial score (nSPS) is 11.0. The van der Waals surface area contributed by atoms with Crippen LogP contribution in [0.25, 0.3) is 0 Å². The second-order valence-electron chi connectivity index (χ2n) is 4.51. The maximum Gasteiger partial charge on any atom is 0.329 e. The molecule has 0 radical (unpaired) electrons. The van der Waals surface area contributed by atoms with Gasteiger partial charge in [0.05, 0.1) is 5.02 Å². The van der Waals surface area contributed by atoms with E-state index in [0.29, 0.717) is 10.0 Å². The summed E-state index contributed by atoms with van der Waals surface area (Å²) in [6.07, 6.45) is 0.561. The van der Waals surface area contributed by atoms with Crippen molar-refractivity contribution in [1.82, 2.24) is 5.32 Å². The van der Waals surface area contributed by atoms with Crippen molar-refractivity contribution in [3.05, 3.63) is 28.2 Å². The van der Waals surface area contributed by atoms with Crippen molar-refractivity contribution in [3.8, 4) is 5.75 Å². The smallest absolute Gasteiger partial charge is 0.329 e. The molecule has 0 aliphatic rings. The first-order valence-corrected chi connectivity index (χ1v) is 7.22. The van der Waals surface area contributed by atoms with Crippen LogP contribution < -0.4 is 10.1 Å². The molecule has 0 bridgehead atoms. The van der Waals surface area contributed by atoms with Crippen molar-refractivity contribution >= 4 is 35.1 Å². The average molecular weight is 334 g/mol. The lowest BCUT2D eigenvalue weighted by atomic mass is 9.93. The van der Waals surface area contributed by atoms with Gasteiger partial charge in [0.1, 0.15) is 11.3 Å². The number of hydrogen-bond donors (Lipinski definition) is 2. The number of carboxylic acids is 1. The highest BCUT2D eigenvalue weighted by Crippen LogP contribution is 2.27. The zero-order chi connectivity index (χ0) is 16.0. The van der Waals surface area contributed by atoms with Crippen LogP contribution in [-0.2, 0) is 9.59 Å². The Morgan fingerprint density at radius 1 is 1.29 bits per heavy atom. The monoisotopic (exact) mass is 333 g/mol. The number of rotatable bonds is 7. The molecule has 5 nitrogen and oxygen atoms in total. The standard InChI is InChI=1S/C14H17Cl2NO4/c1-3-14(4-2,13(19)20)17-12(18)8-21-11-7-9(15)5-6-10(11)16/h5-7H,3-4,8H2,1-2H3,(H,17,18)(H,19,20).